The molecule has 1 aliphatic heterocycles. The average Bonchev–Trinajstić information content (AvgIpc) is 3.24. The van der Waals surface area contributed by atoms with Crippen molar-refractivity contribution < 1.29 is 14.6 Å². The molecule has 3 aromatic rings. The first-order chi connectivity index (χ1) is 11.7. The van der Waals surface area contributed by atoms with Crippen molar-refractivity contribution in [3.63, 3.8) is 0 Å². The van der Waals surface area contributed by atoms with Crippen LogP contribution in [0.15, 0.2) is 48.5 Å². The van der Waals surface area contributed by atoms with Gasteiger partial charge in [0.05, 0.1) is 6.61 Å². The molecule has 0 fully saturated rings. The number of carbonyl (C=O) groups is 1. The Kier molecular flexibility index (Phi) is 3.96. The van der Waals surface area contributed by atoms with E-state index >= 15 is 0 Å². The number of thiophene rings is 1. The molecule has 0 radical (unpaired) electrons. The Morgan fingerprint density at radius 1 is 1.25 bits per heavy atom. The summed E-state index contributed by atoms with van der Waals surface area (Å²) in [6.07, 6.45) is 0.130. The summed E-state index contributed by atoms with van der Waals surface area (Å²) in [5, 5.41) is 14.3. The highest BCUT2D eigenvalue weighted by molar-refractivity contribution is 7.19. The van der Waals surface area contributed by atoms with Gasteiger partial charge in [-0.15, -0.1) is 11.3 Å². The standard InChI is InChI=1S/C19H17NO3S/c21-15(18-10-13-3-1-2-4-17(13)24-18)11-20-19(22)14-5-6-16-12(9-14)7-8-23-16/h1-6,9-10,15,21H,7-8,11H2,(H,20,22). The fraction of sp³-hybridized carbons (Fsp3) is 0.211. The summed E-state index contributed by atoms with van der Waals surface area (Å²) in [6, 6.07) is 15.4. The lowest BCUT2D eigenvalue weighted by Gasteiger charge is -2.10. The van der Waals surface area contributed by atoms with Crippen LogP contribution in [0.5, 0.6) is 5.75 Å². The van der Waals surface area contributed by atoms with Crippen molar-refractivity contribution in [2.45, 2.75) is 12.5 Å². The van der Waals surface area contributed by atoms with Gasteiger partial charge in [0.25, 0.3) is 5.91 Å². The molecule has 0 spiro atoms. The van der Waals surface area contributed by atoms with E-state index in [0.29, 0.717) is 12.2 Å². The second-order valence-electron chi connectivity index (χ2n) is 5.83. The van der Waals surface area contributed by atoms with E-state index in [1.54, 1.807) is 17.4 Å². The number of fused-ring (bicyclic) bond motifs is 2. The number of benzene rings is 2. The van der Waals surface area contributed by atoms with E-state index in [1.807, 2.05) is 42.5 Å². The summed E-state index contributed by atoms with van der Waals surface area (Å²) < 4.78 is 6.58. The van der Waals surface area contributed by atoms with Crippen molar-refractivity contribution >= 4 is 27.3 Å². The number of hydrogen-bond acceptors (Lipinski definition) is 4. The van der Waals surface area contributed by atoms with Crippen LogP contribution in [0.2, 0.25) is 0 Å². The lowest BCUT2D eigenvalue weighted by atomic mass is 10.1. The molecule has 1 unspecified atom stereocenters. The van der Waals surface area contributed by atoms with Crippen molar-refractivity contribution in [2.24, 2.45) is 0 Å². The summed E-state index contributed by atoms with van der Waals surface area (Å²) in [7, 11) is 0. The van der Waals surface area contributed by atoms with Crippen LogP contribution < -0.4 is 10.1 Å². The third-order valence-corrected chi connectivity index (χ3v) is 5.40. The molecule has 1 aromatic heterocycles. The highest BCUT2D eigenvalue weighted by atomic mass is 32.1. The number of amides is 1. The molecule has 0 aliphatic carbocycles. The molecule has 1 aliphatic rings. The number of hydrogen-bond donors (Lipinski definition) is 2. The lowest BCUT2D eigenvalue weighted by molar-refractivity contribution is 0.0918. The zero-order valence-electron chi connectivity index (χ0n) is 13.0. The van der Waals surface area contributed by atoms with Crippen molar-refractivity contribution in [1.29, 1.82) is 0 Å². The molecule has 0 saturated heterocycles. The summed E-state index contributed by atoms with van der Waals surface area (Å²) in [5.41, 5.74) is 1.66. The number of ether oxygens (including phenoxy) is 1. The molecule has 0 bridgehead atoms. The van der Waals surface area contributed by atoms with Gasteiger partial charge < -0.3 is 15.2 Å². The number of carbonyl (C=O) groups excluding carboxylic acids is 1. The highest BCUT2D eigenvalue weighted by Crippen LogP contribution is 2.29. The fourth-order valence-corrected chi connectivity index (χ4v) is 3.94. The topological polar surface area (TPSA) is 58.6 Å². The monoisotopic (exact) mass is 339 g/mol. The molecule has 2 heterocycles. The van der Waals surface area contributed by atoms with Crippen LogP contribution in [0.3, 0.4) is 0 Å². The molecule has 1 atom stereocenters. The summed E-state index contributed by atoms with van der Waals surface area (Å²) in [6.45, 7) is 0.865. The minimum Gasteiger partial charge on any atom is -0.493 e. The summed E-state index contributed by atoms with van der Waals surface area (Å²) >= 11 is 1.55. The third kappa shape index (κ3) is 2.88. The Hall–Kier alpha value is -2.37. The van der Waals surface area contributed by atoms with Crippen LogP contribution in [0.1, 0.15) is 26.9 Å². The van der Waals surface area contributed by atoms with E-state index in [-0.39, 0.29) is 12.5 Å². The Morgan fingerprint density at radius 2 is 2.12 bits per heavy atom. The molecular weight excluding hydrogens is 322 g/mol. The largest absolute Gasteiger partial charge is 0.493 e. The van der Waals surface area contributed by atoms with Crippen molar-refractivity contribution in [3.8, 4) is 5.75 Å². The minimum absolute atomic E-state index is 0.176. The number of aliphatic hydroxyl groups excluding tert-OH is 1. The molecule has 2 N–H and O–H groups in total. The third-order valence-electron chi connectivity index (χ3n) is 4.18. The van der Waals surface area contributed by atoms with Gasteiger partial charge in [0.1, 0.15) is 11.9 Å². The number of aliphatic hydroxyl groups is 1. The second kappa shape index (κ2) is 6.26. The quantitative estimate of drug-likeness (QED) is 0.767. The predicted molar refractivity (Wildman–Crippen MR) is 94.8 cm³/mol. The Bertz CT molecular complexity index is 870. The lowest BCUT2D eigenvalue weighted by Crippen LogP contribution is -2.28. The Balaban J connectivity index is 1.43. The molecule has 4 rings (SSSR count). The van der Waals surface area contributed by atoms with Crippen LogP contribution in [0, 0.1) is 0 Å². The minimum atomic E-state index is -0.705. The van der Waals surface area contributed by atoms with E-state index in [4.69, 9.17) is 4.74 Å². The molecule has 5 heteroatoms. The van der Waals surface area contributed by atoms with Crippen molar-refractivity contribution in [2.75, 3.05) is 13.2 Å². The maximum atomic E-state index is 12.3. The van der Waals surface area contributed by atoms with Gasteiger partial charge in [-0.25, -0.2) is 0 Å². The normalized spacial score (nSPS) is 14.2. The molecule has 122 valence electrons. The highest BCUT2D eigenvalue weighted by Gasteiger charge is 2.17. The smallest absolute Gasteiger partial charge is 0.251 e. The van der Waals surface area contributed by atoms with E-state index < -0.39 is 6.10 Å². The van der Waals surface area contributed by atoms with E-state index in [0.717, 1.165) is 32.7 Å². The maximum Gasteiger partial charge on any atom is 0.251 e. The first-order valence-corrected chi connectivity index (χ1v) is 8.73. The van der Waals surface area contributed by atoms with E-state index in [9.17, 15) is 9.90 Å². The zero-order chi connectivity index (χ0) is 16.5. The van der Waals surface area contributed by atoms with E-state index in [1.165, 1.54) is 0 Å². The second-order valence-corrected chi connectivity index (χ2v) is 6.95. The van der Waals surface area contributed by atoms with Gasteiger partial charge in [0.15, 0.2) is 0 Å². The van der Waals surface area contributed by atoms with Crippen LogP contribution >= 0.6 is 11.3 Å². The molecule has 0 saturated carbocycles. The molecule has 24 heavy (non-hydrogen) atoms. The van der Waals surface area contributed by atoms with Crippen LogP contribution in [-0.2, 0) is 6.42 Å². The first-order valence-electron chi connectivity index (χ1n) is 7.91. The Morgan fingerprint density at radius 3 is 3.00 bits per heavy atom. The summed E-state index contributed by atoms with van der Waals surface area (Å²) in [5.74, 6) is 0.682. The average molecular weight is 339 g/mol. The van der Waals surface area contributed by atoms with Crippen LogP contribution in [0.25, 0.3) is 10.1 Å². The van der Waals surface area contributed by atoms with Gasteiger partial charge in [0, 0.05) is 28.1 Å². The van der Waals surface area contributed by atoms with Crippen LogP contribution in [0.4, 0.5) is 0 Å². The molecule has 4 nitrogen and oxygen atoms in total. The Labute approximate surface area is 143 Å². The first kappa shape index (κ1) is 15.2. The maximum absolute atomic E-state index is 12.3. The van der Waals surface area contributed by atoms with Gasteiger partial charge >= 0.3 is 0 Å². The fourth-order valence-electron chi connectivity index (χ4n) is 2.89. The molecule has 1 amide bonds. The van der Waals surface area contributed by atoms with Gasteiger partial charge in [-0.2, -0.15) is 0 Å². The van der Waals surface area contributed by atoms with Crippen molar-refractivity contribution in [3.05, 3.63) is 64.5 Å². The van der Waals surface area contributed by atoms with Gasteiger partial charge in [0.2, 0.25) is 0 Å². The van der Waals surface area contributed by atoms with Gasteiger partial charge in [-0.1, -0.05) is 18.2 Å². The van der Waals surface area contributed by atoms with Gasteiger partial charge in [-0.05, 0) is 41.3 Å². The van der Waals surface area contributed by atoms with Crippen LogP contribution in [-0.4, -0.2) is 24.2 Å². The number of rotatable bonds is 4. The SMILES string of the molecule is O=C(NCC(O)c1cc2ccccc2s1)c1ccc2c(c1)CCO2. The number of nitrogens with one attached hydrogen (secondary N) is 1. The van der Waals surface area contributed by atoms with Gasteiger partial charge in [-0.3, -0.25) is 4.79 Å². The predicted octanol–water partition coefficient (Wildman–Crippen LogP) is 3.30. The molecular formula is C19H17NO3S. The van der Waals surface area contributed by atoms with Crippen molar-refractivity contribution in [1.82, 2.24) is 5.32 Å². The zero-order valence-corrected chi connectivity index (χ0v) is 13.8. The molecule has 2 aromatic carbocycles. The summed E-state index contributed by atoms with van der Waals surface area (Å²) in [4.78, 5) is 13.2. The van der Waals surface area contributed by atoms with E-state index in [2.05, 4.69) is 5.32 Å².